The van der Waals surface area contributed by atoms with Gasteiger partial charge in [0, 0.05) is 23.9 Å². The molecule has 2 heterocycles. The number of hydrazone groups is 1. The van der Waals surface area contributed by atoms with Gasteiger partial charge >= 0.3 is 5.69 Å². The van der Waals surface area contributed by atoms with Gasteiger partial charge in [-0.1, -0.05) is 11.6 Å². The number of nitrogens with zero attached hydrogens (tertiary/aromatic N) is 3. The predicted molar refractivity (Wildman–Crippen MR) is 125 cm³/mol. The first-order valence-corrected chi connectivity index (χ1v) is 10.6. The molecule has 34 heavy (non-hydrogen) atoms. The van der Waals surface area contributed by atoms with E-state index in [1.54, 1.807) is 30.3 Å². The van der Waals surface area contributed by atoms with Crippen LogP contribution in [-0.2, 0) is 4.79 Å². The average Bonchev–Trinajstić information content (AvgIpc) is 3.24. The molecule has 1 aliphatic rings. The van der Waals surface area contributed by atoms with Gasteiger partial charge < -0.3 is 14.6 Å². The summed E-state index contributed by atoms with van der Waals surface area (Å²) in [5, 5.41) is 17.0. The molecule has 0 unspecified atom stereocenters. The van der Waals surface area contributed by atoms with Crippen LogP contribution in [-0.4, -0.2) is 45.5 Å². The van der Waals surface area contributed by atoms with Gasteiger partial charge in [0.2, 0.25) is 11.8 Å². The minimum atomic E-state index is -0.832. The second-order valence-electron chi connectivity index (χ2n) is 7.51. The molecule has 0 radical (unpaired) electrons. The van der Waals surface area contributed by atoms with Gasteiger partial charge in [0.25, 0.3) is 5.56 Å². The number of nitrogens with one attached hydrogen (secondary N) is 1. The van der Waals surface area contributed by atoms with Crippen molar-refractivity contribution in [2.45, 2.75) is 19.4 Å². The highest BCUT2D eigenvalue weighted by Crippen LogP contribution is 2.39. The van der Waals surface area contributed by atoms with Gasteiger partial charge in [-0.25, -0.2) is 14.4 Å². The molecule has 2 aromatic carbocycles. The van der Waals surface area contributed by atoms with Crippen molar-refractivity contribution in [3.63, 3.8) is 0 Å². The lowest BCUT2D eigenvalue weighted by molar-refractivity contribution is -0.130. The molecular weight excluding hydrogens is 464 g/mol. The quantitative estimate of drug-likeness (QED) is 0.573. The van der Waals surface area contributed by atoms with Crippen LogP contribution in [0, 0.1) is 0 Å². The minimum Gasteiger partial charge on any atom is -0.497 e. The third kappa shape index (κ3) is 4.03. The molecule has 0 spiro atoms. The van der Waals surface area contributed by atoms with E-state index in [1.807, 2.05) is 0 Å². The van der Waals surface area contributed by atoms with E-state index in [1.165, 1.54) is 38.3 Å². The lowest BCUT2D eigenvalue weighted by atomic mass is 9.98. The largest absolute Gasteiger partial charge is 0.497 e. The molecule has 11 heteroatoms. The van der Waals surface area contributed by atoms with E-state index in [9.17, 15) is 19.5 Å². The van der Waals surface area contributed by atoms with Crippen molar-refractivity contribution in [2.75, 3.05) is 14.2 Å². The van der Waals surface area contributed by atoms with Crippen LogP contribution in [0.2, 0.25) is 5.02 Å². The number of aromatic amines is 1. The van der Waals surface area contributed by atoms with Gasteiger partial charge in [-0.3, -0.25) is 14.6 Å². The van der Waals surface area contributed by atoms with E-state index in [4.69, 9.17) is 21.1 Å². The molecule has 1 atom stereocenters. The first-order valence-electron chi connectivity index (χ1n) is 10.2. The van der Waals surface area contributed by atoms with Crippen molar-refractivity contribution in [2.24, 2.45) is 5.10 Å². The van der Waals surface area contributed by atoms with Crippen LogP contribution in [0.15, 0.2) is 57.2 Å². The molecule has 10 nitrogen and oxygen atoms in total. The zero-order chi connectivity index (χ0) is 24.6. The van der Waals surface area contributed by atoms with Gasteiger partial charge in [-0.05, 0) is 42.5 Å². The van der Waals surface area contributed by atoms with Crippen molar-refractivity contribution in [3.8, 4) is 23.1 Å². The molecule has 176 valence electrons. The van der Waals surface area contributed by atoms with Crippen LogP contribution >= 0.6 is 11.6 Å². The van der Waals surface area contributed by atoms with E-state index in [0.29, 0.717) is 22.1 Å². The van der Waals surface area contributed by atoms with E-state index in [-0.39, 0.29) is 29.3 Å². The summed E-state index contributed by atoms with van der Waals surface area (Å²) in [5.41, 5.74) is -0.846. The number of rotatable bonds is 5. The fourth-order valence-corrected chi connectivity index (χ4v) is 4.03. The summed E-state index contributed by atoms with van der Waals surface area (Å²) in [6.45, 7) is 1.34. The lowest BCUT2D eigenvalue weighted by Crippen LogP contribution is -2.33. The molecule has 2 N–H and O–H groups in total. The Balaban J connectivity index is 1.85. The number of hydrogen-bond donors (Lipinski definition) is 2. The maximum atomic E-state index is 12.7. The summed E-state index contributed by atoms with van der Waals surface area (Å²) in [7, 11) is 3.02. The monoisotopic (exact) mass is 484 g/mol. The molecule has 0 saturated heterocycles. The highest BCUT2D eigenvalue weighted by Gasteiger charge is 2.36. The van der Waals surface area contributed by atoms with E-state index in [0.717, 1.165) is 4.57 Å². The summed E-state index contributed by atoms with van der Waals surface area (Å²) in [6, 6.07) is 10.6. The molecule has 3 aromatic rings. The Kier molecular flexibility index (Phi) is 6.16. The van der Waals surface area contributed by atoms with Crippen molar-refractivity contribution in [3.05, 3.63) is 79.5 Å². The van der Waals surface area contributed by atoms with Crippen molar-refractivity contribution in [1.29, 1.82) is 0 Å². The third-order valence-corrected chi connectivity index (χ3v) is 5.74. The highest BCUT2D eigenvalue weighted by atomic mass is 35.5. The van der Waals surface area contributed by atoms with Gasteiger partial charge in [0.15, 0.2) is 0 Å². The summed E-state index contributed by atoms with van der Waals surface area (Å²) in [4.78, 5) is 39.9. The van der Waals surface area contributed by atoms with Gasteiger partial charge in [-0.15, -0.1) is 0 Å². The predicted octanol–water partition coefficient (Wildman–Crippen LogP) is 2.60. The Hall–Kier alpha value is -4.05. The number of hydrogen-bond acceptors (Lipinski definition) is 7. The maximum Gasteiger partial charge on any atom is 0.335 e. The fraction of sp³-hybridized carbons (Fsp3) is 0.217. The van der Waals surface area contributed by atoms with Crippen LogP contribution < -0.4 is 20.7 Å². The lowest BCUT2D eigenvalue weighted by Gasteiger charge is -2.22. The Morgan fingerprint density at radius 1 is 1.15 bits per heavy atom. The number of aromatic nitrogens is 2. The SMILES string of the molecule is COc1ccc(OC)c([C@@H]2CC(c3c(O)n(-c4ccc(Cl)cc4)c(=O)[nH]c3=O)=NN2C(C)=O)c1. The third-order valence-electron chi connectivity index (χ3n) is 5.49. The second kappa shape index (κ2) is 9.06. The van der Waals surface area contributed by atoms with Crippen molar-refractivity contribution < 1.29 is 19.4 Å². The Morgan fingerprint density at radius 3 is 2.47 bits per heavy atom. The number of benzene rings is 2. The molecule has 1 aromatic heterocycles. The van der Waals surface area contributed by atoms with E-state index >= 15 is 0 Å². The van der Waals surface area contributed by atoms with E-state index < -0.39 is 23.2 Å². The number of amides is 1. The van der Waals surface area contributed by atoms with Crippen LogP contribution in [0.25, 0.3) is 5.69 Å². The summed E-state index contributed by atoms with van der Waals surface area (Å²) in [5.74, 6) is 0.0610. The number of carbonyl (C=O) groups is 1. The standard InChI is InChI=1S/C23H21ClN4O6/c1-12(29)28-18(16-10-15(33-2)8-9-19(16)34-3)11-17(26-28)20-21(30)25-23(32)27(22(20)31)14-6-4-13(24)5-7-14/h4-10,18,31H,11H2,1-3H3,(H,25,30,32)/t18-/m0/s1. The normalized spacial score (nSPS) is 15.2. The number of aromatic hydroxyl groups is 1. The van der Waals surface area contributed by atoms with Gasteiger partial charge in [-0.2, -0.15) is 5.10 Å². The molecule has 0 aliphatic carbocycles. The molecule has 1 aliphatic heterocycles. The smallest absolute Gasteiger partial charge is 0.335 e. The molecule has 0 fully saturated rings. The molecule has 0 saturated carbocycles. The highest BCUT2D eigenvalue weighted by molar-refractivity contribution is 6.30. The summed E-state index contributed by atoms with van der Waals surface area (Å²) >= 11 is 5.92. The van der Waals surface area contributed by atoms with E-state index in [2.05, 4.69) is 10.1 Å². The maximum absolute atomic E-state index is 12.7. The molecule has 0 bridgehead atoms. The minimum absolute atomic E-state index is 0.0819. The molecule has 4 rings (SSSR count). The van der Waals surface area contributed by atoms with Crippen molar-refractivity contribution >= 4 is 23.2 Å². The fourth-order valence-electron chi connectivity index (χ4n) is 3.91. The zero-order valence-electron chi connectivity index (χ0n) is 18.5. The summed E-state index contributed by atoms with van der Waals surface area (Å²) in [6.07, 6.45) is 0.0819. The first-order chi connectivity index (χ1) is 16.2. The number of methoxy groups -OCH3 is 2. The van der Waals surface area contributed by atoms with Crippen LogP contribution in [0.4, 0.5) is 0 Å². The second-order valence-corrected chi connectivity index (χ2v) is 7.94. The van der Waals surface area contributed by atoms with Gasteiger partial charge in [0.1, 0.15) is 17.1 Å². The molecule has 1 amide bonds. The summed E-state index contributed by atoms with van der Waals surface area (Å²) < 4.78 is 11.7. The average molecular weight is 485 g/mol. The molecular formula is C23H21ClN4O6. The Labute approximate surface area is 198 Å². The topological polar surface area (TPSA) is 126 Å². The van der Waals surface area contributed by atoms with Crippen molar-refractivity contribution in [1.82, 2.24) is 14.6 Å². The van der Waals surface area contributed by atoms with Crippen LogP contribution in [0.1, 0.15) is 30.5 Å². The van der Waals surface area contributed by atoms with Crippen LogP contribution in [0.3, 0.4) is 0 Å². The number of H-pyrrole nitrogens is 1. The Morgan fingerprint density at radius 2 is 1.85 bits per heavy atom. The number of halogens is 1. The van der Waals surface area contributed by atoms with Crippen LogP contribution in [0.5, 0.6) is 17.4 Å². The van der Waals surface area contributed by atoms with Gasteiger partial charge in [0.05, 0.1) is 31.7 Å². The number of carbonyl (C=O) groups excluding carboxylic acids is 1. The first kappa shape index (κ1) is 23.1. The Bertz CT molecular complexity index is 1410. The number of ether oxygens (including phenoxy) is 2. The zero-order valence-corrected chi connectivity index (χ0v) is 19.3.